The van der Waals surface area contributed by atoms with Gasteiger partial charge in [-0.05, 0) is 12.0 Å². The number of hydrogen-bond donors (Lipinski definition) is 2. The molecule has 21 heavy (non-hydrogen) atoms. The van der Waals surface area contributed by atoms with Crippen LogP contribution in [0.5, 0.6) is 0 Å². The lowest BCUT2D eigenvalue weighted by Crippen LogP contribution is -2.54. The average molecular weight is 312 g/mol. The van der Waals surface area contributed by atoms with E-state index in [1.54, 1.807) is 11.9 Å². The summed E-state index contributed by atoms with van der Waals surface area (Å²) in [5.74, 6) is -0.0865. The van der Waals surface area contributed by atoms with E-state index in [9.17, 15) is 9.59 Å². The van der Waals surface area contributed by atoms with Crippen LogP contribution in [-0.4, -0.2) is 49.4 Å². The van der Waals surface area contributed by atoms with Crippen LogP contribution in [0.4, 0.5) is 0 Å². The zero-order chi connectivity index (χ0) is 14.4. The minimum absolute atomic E-state index is 0. The van der Waals surface area contributed by atoms with Gasteiger partial charge in [-0.3, -0.25) is 9.59 Å². The molecule has 1 aromatic carbocycles. The van der Waals surface area contributed by atoms with Gasteiger partial charge in [0.2, 0.25) is 11.8 Å². The first-order valence-corrected chi connectivity index (χ1v) is 6.96. The summed E-state index contributed by atoms with van der Waals surface area (Å²) in [5, 5.41) is 5.95. The molecule has 0 bridgehead atoms. The van der Waals surface area contributed by atoms with Crippen molar-refractivity contribution in [3.63, 3.8) is 0 Å². The predicted octanol–water partition coefficient (Wildman–Crippen LogP) is 0.587. The van der Waals surface area contributed by atoms with Crippen LogP contribution < -0.4 is 10.6 Å². The molecule has 1 heterocycles. The maximum absolute atomic E-state index is 11.8. The van der Waals surface area contributed by atoms with Gasteiger partial charge in [0.15, 0.2) is 0 Å². The second-order valence-electron chi connectivity index (χ2n) is 5.06. The number of amides is 2. The van der Waals surface area contributed by atoms with E-state index in [1.807, 2.05) is 30.3 Å². The number of nitrogens with zero attached hydrogens (tertiary/aromatic N) is 1. The molecular formula is C15H22ClN3O2. The van der Waals surface area contributed by atoms with Gasteiger partial charge in [-0.15, -0.1) is 12.4 Å². The van der Waals surface area contributed by atoms with Crippen LogP contribution >= 0.6 is 12.4 Å². The van der Waals surface area contributed by atoms with Gasteiger partial charge in [0.05, 0.1) is 12.5 Å². The molecule has 0 aromatic heterocycles. The van der Waals surface area contributed by atoms with Crippen molar-refractivity contribution in [3.8, 4) is 0 Å². The Morgan fingerprint density at radius 1 is 1.38 bits per heavy atom. The highest BCUT2D eigenvalue weighted by molar-refractivity contribution is 5.88. The first kappa shape index (κ1) is 17.5. The molecule has 1 aliphatic heterocycles. The van der Waals surface area contributed by atoms with Gasteiger partial charge in [-0.25, -0.2) is 0 Å². The van der Waals surface area contributed by atoms with Crippen molar-refractivity contribution in [2.24, 2.45) is 0 Å². The fourth-order valence-electron chi connectivity index (χ4n) is 2.28. The Morgan fingerprint density at radius 2 is 2.10 bits per heavy atom. The summed E-state index contributed by atoms with van der Waals surface area (Å²) in [6.07, 6.45) is 1.01. The molecule has 1 saturated heterocycles. The van der Waals surface area contributed by atoms with Gasteiger partial charge < -0.3 is 15.5 Å². The van der Waals surface area contributed by atoms with Crippen molar-refractivity contribution in [1.82, 2.24) is 15.5 Å². The number of halogens is 1. The molecule has 1 aromatic rings. The fraction of sp³-hybridized carbons (Fsp3) is 0.467. The molecule has 2 N–H and O–H groups in total. The molecule has 0 aliphatic carbocycles. The smallest absolute Gasteiger partial charge is 0.240 e. The van der Waals surface area contributed by atoms with Gasteiger partial charge in [0, 0.05) is 26.7 Å². The highest BCUT2D eigenvalue weighted by atomic mass is 35.5. The highest BCUT2D eigenvalue weighted by Crippen LogP contribution is 2.03. The second-order valence-corrected chi connectivity index (χ2v) is 5.06. The van der Waals surface area contributed by atoms with Crippen molar-refractivity contribution >= 4 is 24.2 Å². The molecule has 2 amide bonds. The second kappa shape index (κ2) is 8.64. The number of rotatable bonds is 5. The normalized spacial score (nSPS) is 18.0. The Morgan fingerprint density at radius 3 is 2.81 bits per heavy atom. The third-order valence-electron chi connectivity index (χ3n) is 3.48. The molecule has 6 heteroatoms. The van der Waals surface area contributed by atoms with Crippen molar-refractivity contribution in [1.29, 1.82) is 0 Å². The predicted molar refractivity (Wildman–Crippen MR) is 84.4 cm³/mol. The molecule has 0 radical (unpaired) electrons. The molecular weight excluding hydrogens is 290 g/mol. The van der Waals surface area contributed by atoms with E-state index in [0.29, 0.717) is 13.1 Å². The van der Waals surface area contributed by atoms with Gasteiger partial charge in [0.1, 0.15) is 0 Å². The van der Waals surface area contributed by atoms with Crippen LogP contribution in [0.2, 0.25) is 0 Å². The summed E-state index contributed by atoms with van der Waals surface area (Å²) in [7, 11) is 1.77. The Labute approximate surface area is 131 Å². The fourth-order valence-corrected chi connectivity index (χ4v) is 2.28. The summed E-state index contributed by atoms with van der Waals surface area (Å²) in [6.45, 7) is 2.04. The molecule has 116 valence electrons. The van der Waals surface area contributed by atoms with Crippen molar-refractivity contribution in [3.05, 3.63) is 35.9 Å². The topological polar surface area (TPSA) is 61.4 Å². The van der Waals surface area contributed by atoms with E-state index >= 15 is 0 Å². The van der Waals surface area contributed by atoms with Crippen molar-refractivity contribution < 1.29 is 9.59 Å². The zero-order valence-corrected chi connectivity index (χ0v) is 13.0. The van der Waals surface area contributed by atoms with Crippen LogP contribution in [0.1, 0.15) is 12.0 Å². The Balaban J connectivity index is 0.00000220. The van der Waals surface area contributed by atoms with Gasteiger partial charge >= 0.3 is 0 Å². The van der Waals surface area contributed by atoms with Gasteiger partial charge in [-0.1, -0.05) is 30.3 Å². The lowest BCUT2D eigenvalue weighted by Gasteiger charge is -2.29. The number of nitrogens with one attached hydrogen (secondary N) is 2. The number of benzene rings is 1. The molecule has 0 saturated carbocycles. The lowest BCUT2D eigenvalue weighted by molar-refractivity contribution is -0.136. The van der Waals surface area contributed by atoms with E-state index in [4.69, 9.17) is 0 Å². The minimum Gasteiger partial charge on any atom is -0.356 e. The third kappa shape index (κ3) is 5.36. The molecule has 2 rings (SSSR count). The van der Waals surface area contributed by atoms with Gasteiger partial charge in [-0.2, -0.15) is 0 Å². The lowest BCUT2D eigenvalue weighted by atomic mass is 10.1. The first-order chi connectivity index (χ1) is 9.66. The quantitative estimate of drug-likeness (QED) is 0.836. The average Bonchev–Trinajstić information content (AvgIpc) is 2.45. The molecule has 1 atom stereocenters. The summed E-state index contributed by atoms with van der Waals surface area (Å²) in [4.78, 5) is 25.3. The van der Waals surface area contributed by atoms with Gasteiger partial charge in [0.25, 0.3) is 0 Å². The maximum Gasteiger partial charge on any atom is 0.240 e. The largest absolute Gasteiger partial charge is 0.356 e. The number of hydrogen-bond acceptors (Lipinski definition) is 3. The third-order valence-corrected chi connectivity index (χ3v) is 3.48. The van der Waals surface area contributed by atoms with Crippen molar-refractivity contribution in [2.75, 3.05) is 26.7 Å². The summed E-state index contributed by atoms with van der Waals surface area (Å²) in [5.41, 5.74) is 1.19. The molecule has 1 aliphatic rings. The minimum atomic E-state index is -0.384. The number of piperazine rings is 1. The molecule has 1 fully saturated rings. The monoisotopic (exact) mass is 311 g/mol. The van der Waals surface area contributed by atoms with Crippen LogP contribution in [-0.2, 0) is 16.0 Å². The van der Waals surface area contributed by atoms with Crippen LogP contribution in [0, 0.1) is 0 Å². The standard InChI is InChI=1S/C15H21N3O2.ClH/c1-18-10-9-16-13(15(18)20)11-14(19)17-8-7-12-5-3-2-4-6-12;/h2-6,13,16H,7-11H2,1H3,(H,17,19);1H. The maximum atomic E-state index is 11.8. The summed E-state index contributed by atoms with van der Waals surface area (Å²) in [6, 6.07) is 9.62. The van der Waals surface area contributed by atoms with Crippen LogP contribution in [0.25, 0.3) is 0 Å². The zero-order valence-electron chi connectivity index (χ0n) is 12.2. The molecule has 0 spiro atoms. The highest BCUT2D eigenvalue weighted by Gasteiger charge is 2.27. The van der Waals surface area contributed by atoms with E-state index in [-0.39, 0.29) is 36.7 Å². The first-order valence-electron chi connectivity index (χ1n) is 6.96. The Kier molecular flexibility index (Phi) is 7.19. The van der Waals surface area contributed by atoms with Crippen LogP contribution in [0.3, 0.4) is 0 Å². The summed E-state index contributed by atoms with van der Waals surface area (Å²) >= 11 is 0. The number of carbonyl (C=O) groups excluding carboxylic acids is 2. The SMILES string of the molecule is CN1CCNC(CC(=O)NCCc2ccccc2)C1=O.Cl. The Hall–Kier alpha value is -1.59. The summed E-state index contributed by atoms with van der Waals surface area (Å²) < 4.78 is 0. The van der Waals surface area contributed by atoms with E-state index < -0.39 is 0 Å². The van der Waals surface area contributed by atoms with E-state index in [0.717, 1.165) is 13.0 Å². The Bertz CT molecular complexity index is 467. The van der Waals surface area contributed by atoms with Crippen LogP contribution in [0.15, 0.2) is 30.3 Å². The van der Waals surface area contributed by atoms with Crippen molar-refractivity contribution in [2.45, 2.75) is 18.9 Å². The number of likely N-dealkylation sites (N-methyl/N-ethyl adjacent to an activating group) is 1. The van der Waals surface area contributed by atoms with E-state index in [1.165, 1.54) is 5.56 Å². The molecule has 5 nitrogen and oxygen atoms in total. The molecule has 1 unspecified atom stereocenters. The number of carbonyl (C=O) groups is 2. The van der Waals surface area contributed by atoms with E-state index in [2.05, 4.69) is 10.6 Å².